The van der Waals surface area contributed by atoms with Crippen molar-refractivity contribution in [1.29, 1.82) is 0 Å². The second-order valence-corrected chi connectivity index (χ2v) is 11.0. The van der Waals surface area contributed by atoms with Gasteiger partial charge in [0.15, 0.2) is 22.1 Å². The number of carbonyl (C=O) groups excluding carboxylic acids is 2. The molecule has 2 amide bonds. The molecule has 4 aromatic rings. The van der Waals surface area contributed by atoms with E-state index in [0.717, 1.165) is 42.2 Å². The molecular weight excluding hydrogens is 543 g/mol. The van der Waals surface area contributed by atoms with E-state index in [0.29, 0.717) is 44.7 Å². The number of nitrogens with zero attached hydrogens (tertiary/aromatic N) is 5. The van der Waals surface area contributed by atoms with Gasteiger partial charge in [0, 0.05) is 27.5 Å². The number of halogens is 2. The lowest BCUT2D eigenvalue weighted by molar-refractivity contribution is 0.0651. The van der Waals surface area contributed by atoms with Gasteiger partial charge in [-0.2, -0.15) is 0 Å². The molecule has 38 heavy (non-hydrogen) atoms. The zero-order chi connectivity index (χ0) is 26.8. The topological polar surface area (TPSA) is 107 Å². The minimum absolute atomic E-state index is 0.116. The number of amides is 2. The molecule has 2 aromatic heterocycles. The Morgan fingerprint density at radius 2 is 1.66 bits per heavy atom. The maximum absolute atomic E-state index is 12.6. The lowest BCUT2D eigenvalue weighted by Crippen LogP contribution is -2.30. The lowest BCUT2D eigenvalue weighted by Gasteiger charge is -2.20. The Morgan fingerprint density at radius 1 is 0.974 bits per heavy atom. The molecule has 2 N–H and O–H groups in total. The van der Waals surface area contributed by atoms with Crippen LogP contribution in [0.15, 0.2) is 58.8 Å². The third kappa shape index (κ3) is 5.23. The molecule has 3 heterocycles. The molecule has 0 aliphatic carbocycles. The van der Waals surface area contributed by atoms with Crippen molar-refractivity contribution in [3.05, 3.63) is 70.0 Å². The van der Waals surface area contributed by atoms with Crippen LogP contribution < -0.4 is 5.73 Å². The first-order valence-electron chi connectivity index (χ1n) is 12.4. The fraction of sp³-hybridized carbons (Fsp3) is 0.296. The molecule has 1 aliphatic rings. The molecule has 1 atom stereocenters. The molecule has 0 spiro atoms. The van der Waals surface area contributed by atoms with Crippen LogP contribution in [0.1, 0.15) is 65.8 Å². The Labute approximate surface area is 234 Å². The van der Waals surface area contributed by atoms with Crippen LogP contribution in [-0.2, 0) is 0 Å². The predicted octanol–water partition coefficient (Wildman–Crippen LogP) is 6.67. The van der Waals surface area contributed by atoms with Crippen molar-refractivity contribution < 1.29 is 9.59 Å². The van der Waals surface area contributed by atoms with E-state index in [4.69, 9.17) is 33.9 Å². The zero-order valence-corrected chi connectivity index (χ0v) is 23.1. The molecule has 2 aromatic carbocycles. The molecule has 11 heteroatoms. The quantitative estimate of drug-likeness (QED) is 0.168. The Balaban J connectivity index is 1.28. The van der Waals surface area contributed by atoms with Gasteiger partial charge in [0.1, 0.15) is 6.33 Å². The van der Waals surface area contributed by atoms with E-state index < -0.39 is 0 Å². The fourth-order valence-corrected chi connectivity index (χ4v) is 6.49. The van der Waals surface area contributed by atoms with E-state index in [1.165, 1.54) is 23.0 Å². The Morgan fingerprint density at radius 3 is 2.32 bits per heavy atom. The summed E-state index contributed by atoms with van der Waals surface area (Å²) in [5.41, 5.74) is 8.36. The number of benzene rings is 2. The van der Waals surface area contributed by atoms with Crippen LogP contribution in [-0.4, -0.2) is 42.8 Å². The van der Waals surface area contributed by atoms with Gasteiger partial charge in [-0.15, -0.1) is 0 Å². The van der Waals surface area contributed by atoms with Gasteiger partial charge in [0.25, 0.3) is 11.8 Å². The number of imidazole rings is 1. The van der Waals surface area contributed by atoms with Gasteiger partial charge < -0.3 is 10.3 Å². The van der Waals surface area contributed by atoms with Crippen molar-refractivity contribution in [3.63, 3.8) is 0 Å². The van der Waals surface area contributed by atoms with E-state index >= 15 is 0 Å². The molecule has 0 saturated carbocycles. The molecular formula is C27H26Cl2N6O2S. The summed E-state index contributed by atoms with van der Waals surface area (Å²) in [5.74, 6) is -0.0838. The summed E-state index contributed by atoms with van der Waals surface area (Å²) in [5, 5.41) is 1.84. The van der Waals surface area contributed by atoms with Crippen LogP contribution in [0.25, 0.3) is 11.2 Å². The zero-order valence-electron chi connectivity index (χ0n) is 20.7. The number of hydrogen-bond donors (Lipinski definition) is 1. The van der Waals surface area contributed by atoms with Crippen molar-refractivity contribution in [1.82, 2.24) is 24.4 Å². The largest absolute Gasteiger partial charge is 0.382 e. The summed E-state index contributed by atoms with van der Waals surface area (Å²) in [7, 11) is 0. The standard InChI is InChI=1S/C27H26Cl2N6O2S/c1-2-18(8-4-3-7-11-34-25(36)20-9-5-6-10-21(20)26(34)37)35-24-22(23(30)31-15-32-24)33-27(35)38-19-13-16(28)12-17(29)14-19/h5-6,9-10,12-15,18H,2-4,7-8,11H2,1H3,(H2,30,31,32). The summed E-state index contributed by atoms with van der Waals surface area (Å²) < 4.78 is 2.12. The van der Waals surface area contributed by atoms with Gasteiger partial charge in [-0.3, -0.25) is 14.5 Å². The predicted molar refractivity (Wildman–Crippen MR) is 150 cm³/mol. The molecule has 196 valence electrons. The smallest absolute Gasteiger partial charge is 0.261 e. The number of fused-ring (bicyclic) bond motifs is 2. The average molecular weight is 570 g/mol. The number of nitrogen functional groups attached to an aromatic ring is 1. The number of imide groups is 1. The lowest BCUT2D eigenvalue weighted by atomic mass is 10.1. The summed E-state index contributed by atoms with van der Waals surface area (Å²) >= 11 is 13.9. The van der Waals surface area contributed by atoms with Crippen molar-refractivity contribution in [2.75, 3.05) is 12.3 Å². The molecule has 8 nitrogen and oxygen atoms in total. The average Bonchev–Trinajstić information content (AvgIpc) is 3.37. The molecule has 1 unspecified atom stereocenters. The third-order valence-electron chi connectivity index (χ3n) is 6.65. The van der Waals surface area contributed by atoms with Gasteiger partial charge in [0.05, 0.1) is 11.1 Å². The summed E-state index contributed by atoms with van der Waals surface area (Å²) in [6.45, 7) is 2.54. The summed E-state index contributed by atoms with van der Waals surface area (Å²) in [6, 6.07) is 12.5. The van der Waals surface area contributed by atoms with Crippen LogP contribution in [0, 0.1) is 0 Å². The first kappa shape index (κ1) is 26.5. The molecule has 0 saturated heterocycles. The molecule has 0 fully saturated rings. The summed E-state index contributed by atoms with van der Waals surface area (Å²) in [4.78, 5) is 40.8. The van der Waals surface area contributed by atoms with Crippen molar-refractivity contribution in [2.24, 2.45) is 0 Å². The highest BCUT2D eigenvalue weighted by atomic mass is 35.5. The maximum atomic E-state index is 12.6. The van der Waals surface area contributed by atoms with Crippen LogP contribution in [0.2, 0.25) is 10.0 Å². The first-order valence-corrected chi connectivity index (χ1v) is 14.0. The second kappa shape index (κ2) is 11.3. The van der Waals surface area contributed by atoms with Crippen LogP contribution in [0.5, 0.6) is 0 Å². The minimum Gasteiger partial charge on any atom is -0.382 e. The van der Waals surface area contributed by atoms with Gasteiger partial charge in [-0.1, -0.05) is 66.9 Å². The number of anilines is 1. The Hall–Kier alpha value is -3.14. The highest BCUT2D eigenvalue weighted by Gasteiger charge is 2.34. The molecule has 5 rings (SSSR count). The van der Waals surface area contributed by atoms with E-state index in [9.17, 15) is 9.59 Å². The van der Waals surface area contributed by atoms with E-state index in [1.807, 2.05) is 12.1 Å². The highest BCUT2D eigenvalue weighted by molar-refractivity contribution is 7.99. The highest BCUT2D eigenvalue weighted by Crippen LogP contribution is 2.37. The van der Waals surface area contributed by atoms with E-state index in [-0.39, 0.29) is 17.9 Å². The van der Waals surface area contributed by atoms with Gasteiger partial charge in [-0.05, 0) is 49.6 Å². The monoisotopic (exact) mass is 568 g/mol. The fourth-order valence-electron chi connectivity index (χ4n) is 4.78. The van der Waals surface area contributed by atoms with Crippen LogP contribution in [0.3, 0.4) is 0 Å². The number of hydrogen-bond acceptors (Lipinski definition) is 7. The van der Waals surface area contributed by atoms with Crippen molar-refractivity contribution >= 4 is 63.8 Å². The normalized spacial score (nSPS) is 13.9. The second-order valence-electron chi connectivity index (χ2n) is 9.12. The minimum atomic E-state index is -0.207. The van der Waals surface area contributed by atoms with Gasteiger partial charge in [-0.25, -0.2) is 15.0 Å². The SMILES string of the molecule is CCC(CCCCCN1C(=O)c2ccccc2C1=O)n1c(Sc2cc(Cl)cc(Cl)c2)nc2c(N)ncnc21. The third-order valence-corrected chi connectivity index (χ3v) is 8.03. The summed E-state index contributed by atoms with van der Waals surface area (Å²) in [6.07, 6.45) is 5.71. The van der Waals surface area contributed by atoms with Gasteiger partial charge >= 0.3 is 0 Å². The van der Waals surface area contributed by atoms with E-state index in [2.05, 4.69) is 21.5 Å². The van der Waals surface area contributed by atoms with Crippen molar-refractivity contribution in [3.8, 4) is 0 Å². The number of aromatic nitrogens is 4. The first-order chi connectivity index (χ1) is 18.4. The number of rotatable bonds is 10. The number of unbranched alkanes of at least 4 members (excludes halogenated alkanes) is 2. The van der Waals surface area contributed by atoms with Gasteiger partial charge in [0.2, 0.25) is 0 Å². The molecule has 0 bridgehead atoms. The Bertz CT molecular complexity index is 1470. The van der Waals surface area contributed by atoms with Crippen molar-refractivity contribution in [2.45, 2.75) is 55.1 Å². The number of carbonyl (C=O) groups is 2. The molecule has 1 aliphatic heterocycles. The van der Waals surface area contributed by atoms with E-state index in [1.54, 1.807) is 30.3 Å². The molecule has 0 radical (unpaired) electrons. The van der Waals surface area contributed by atoms with Crippen LogP contribution >= 0.6 is 35.0 Å². The number of nitrogens with two attached hydrogens (primary N) is 1. The maximum Gasteiger partial charge on any atom is 0.261 e. The Kier molecular flexibility index (Phi) is 7.88. The van der Waals surface area contributed by atoms with Crippen LogP contribution in [0.4, 0.5) is 5.82 Å².